The zero-order chi connectivity index (χ0) is 14.2. The summed E-state index contributed by atoms with van der Waals surface area (Å²) in [5.41, 5.74) is 6.34. The van der Waals surface area contributed by atoms with E-state index in [2.05, 4.69) is 27.0 Å². The van der Waals surface area contributed by atoms with Gasteiger partial charge >= 0.3 is 0 Å². The number of carbonyl (C=O) groups excluding carboxylic acids is 1. The fraction of sp³-hybridized carbons (Fsp3) is 0.467. The molecule has 5 heteroatoms. The predicted octanol–water partition coefficient (Wildman–Crippen LogP) is 0.217. The summed E-state index contributed by atoms with van der Waals surface area (Å²) in [6.07, 6.45) is 4.11. The second-order valence-electron chi connectivity index (χ2n) is 4.71. The zero-order valence-electron chi connectivity index (χ0n) is 11.6. The zero-order valence-corrected chi connectivity index (χ0v) is 11.6. The first-order valence-corrected chi connectivity index (χ1v) is 6.96. The van der Waals surface area contributed by atoms with Crippen molar-refractivity contribution in [2.24, 2.45) is 5.73 Å². The molecule has 0 radical (unpaired) electrons. The van der Waals surface area contributed by atoms with Crippen LogP contribution in [0.3, 0.4) is 0 Å². The van der Waals surface area contributed by atoms with Gasteiger partial charge in [0, 0.05) is 19.3 Å². The number of hydrogen-bond donors (Lipinski definition) is 2. The molecule has 1 amide bonds. The van der Waals surface area contributed by atoms with Crippen molar-refractivity contribution in [2.75, 3.05) is 32.7 Å². The number of likely N-dealkylation sites (tertiary alicyclic amines) is 1. The van der Waals surface area contributed by atoms with Crippen molar-refractivity contribution in [3.8, 4) is 11.8 Å². The standard InChI is InChI=1S/C15H20N4O/c16-7-3-5-13-6-4-8-17-14(13)15(20)18-9-12-19-10-1-2-11-19/h4,6,8H,1-2,7,9-12,16H2,(H,18,20). The van der Waals surface area contributed by atoms with Crippen LogP contribution in [0.15, 0.2) is 18.3 Å². The topological polar surface area (TPSA) is 71.2 Å². The Morgan fingerprint density at radius 3 is 3.00 bits per heavy atom. The molecule has 2 heterocycles. The van der Waals surface area contributed by atoms with Gasteiger partial charge in [0.2, 0.25) is 0 Å². The van der Waals surface area contributed by atoms with Crippen LogP contribution in [-0.4, -0.2) is 48.5 Å². The molecular weight excluding hydrogens is 252 g/mol. The van der Waals surface area contributed by atoms with Gasteiger partial charge in [-0.05, 0) is 38.1 Å². The van der Waals surface area contributed by atoms with E-state index in [0.717, 1.165) is 19.6 Å². The Hall–Kier alpha value is -1.90. The molecule has 3 N–H and O–H groups in total. The lowest BCUT2D eigenvalue weighted by atomic mass is 10.2. The summed E-state index contributed by atoms with van der Waals surface area (Å²) in [6.45, 7) is 4.06. The first-order valence-electron chi connectivity index (χ1n) is 6.96. The van der Waals surface area contributed by atoms with Gasteiger partial charge in [-0.3, -0.25) is 4.79 Å². The lowest BCUT2D eigenvalue weighted by molar-refractivity contribution is 0.0944. The summed E-state index contributed by atoms with van der Waals surface area (Å²) in [4.78, 5) is 18.6. The fourth-order valence-corrected chi connectivity index (χ4v) is 2.25. The number of pyridine rings is 1. The summed E-state index contributed by atoms with van der Waals surface area (Å²) in [5.74, 6) is 5.45. The molecule has 106 valence electrons. The SMILES string of the molecule is NCC#Cc1cccnc1C(=O)NCCN1CCCC1. The second-order valence-corrected chi connectivity index (χ2v) is 4.71. The minimum atomic E-state index is -0.175. The summed E-state index contributed by atoms with van der Waals surface area (Å²) < 4.78 is 0. The summed E-state index contributed by atoms with van der Waals surface area (Å²) in [5, 5.41) is 2.90. The molecule has 5 nitrogen and oxygen atoms in total. The van der Waals surface area contributed by atoms with Crippen LogP contribution in [0.4, 0.5) is 0 Å². The normalized spacial score (nSPS) is 14.7. The van der Waals surface area contributed by atoms with E-state index in [1.54, 1.807) is 18.3 Å². The van der Waals surface area contributed by atoms with Crippen molar-refractivity contribution in [2.45, 2.75) is 12.8 Å². The van der Waals surface area contributed by atoms with Crippen molar-refractivity contribution in [1.29, 1.82) is 0 Å². The first kappa shape index (κ1) is 14.5. The van der Waals surface area contributed by atoms with Crippen LogP contribution in [0.1, 0.15) is 28.9 Å². The highest BCUT2D eigenvalue weighted by molar-refractivity contribution is 5.94. The van der Waals surface area contributed by atoms with Gasteiger partial charge in [-0.2, -0.15) is 0 Å². The Labute approximate surface area is 119 Å². The quantitative estimate of drug-likeness (QED) is 0.769. The average molecular weight is 272 g/mol. The van der Waals surface area contributed by atoms with E-state index in [1.165, 1.54) is 12.8 Å². The Bertz CT molecular complexity index is 512. The van der Waals surface area contributed by atoms with Gasteiger partial charge < -0.3 is 16.0 Å². The molecule has 0 unspecified atom stereocenters. The van der Waals surface area contributed by atoms with Crippen LogP contribution in [-0.2, 0) is 0 Å². The summed E-state index contributed by atoms with van der Waals surface area (Å²) in [7, 11) is 0. The average Bonchev–Trinajstić information content (AvgIpc) is 2.98. The van der Waals surface area contributed by atoms with Gasteiger partial charge in [-0.25, -0.2) is 4.98 Å². The Morgan fingerprint density at radius 2 is 2.25 bits per heavy atom. The largest absolute Gasteiger partial charge is 0.349 e. The second kappa shape index (κ2) is 7.63. The molecule has 0 atom stereocenters. The lowest BCUT2D eigenvalue weighted by Crippen LogP contribution is -2.34. The Balaban J connectivity index is 1.91. The van der Waals surface area contributed by atoms with Gasteiger partial charge in [-0.1, -0.05) is 11.8 Å². The number of nitrogens with zero attached hydrogens (tertiary/aromatic N) is 2. The minimum absolute atomic E-state index is 0.175. The van der Waals surface area contributed by atoms with Gasteiger partial charge in [-0.15, -0.1) is 0 Å². The van der Waals surface area contributed by atoms with E-state index in [4.69, 9.17) is 5.73 Å². The van der Waals surface area contributed by atoms with Gasteiger partial charge in [0.1, 0.15) is 5.69 Å². The maximum absolute atomic E-state index is 12.1. The molecule has 1 fully saturated rings. The summed E-state index contributed by atoms with van der Waals surface area (Å²) in [6, 6.07) is 3.55. The Kier molecular flexibility index (Phi) is 5.54. The third-order valence-electron chi connectivity index (χ3n) is 3.26. The number of hydrogen-bond acceptors (Lipinski definition) is 4. The third-order valence-corrected chi connectivity index (χ3v) is 3.26. The smallest absolute Gasteiger partial charge is 0.271 e. The van der Waals surface area contributed by atoms with Crippen LogP contribution in [0.2, 0.25) is 0 Å². The van der Waals surface area contributed by atoms with Crippen LogP contribution in [0.25, 0.3) is 0 Å². The number of amides is 1. The molecule has 0 aromatic carbocycles. The fourth-order valence-electron chi connectivity index (χ4n) is 2.25. The molecule has 1 aliphatic rings. The molecule has 0 bridgehead atoms. The maximum atomic E-state index is 12.1. The van der Waals surface area contributed by atoms with E-state index < -0.39 is 0 Å². The number of nitrogens with two attached hydrogens (primary N) is 1. The van der Waals surface area contributed by atoms with E-state index in [9.17, 15) is 4.79 Å². The molecule has 20 heavy (non-hydrogen) atoms. The number of carbonyl (C=O) groups is 1. The van der Waals surface area contributed by atoms with E-state index in [-0.39, 0.29) is 12.5 Å². The molecular formula is C15H20N4O. The first-order chi connectivity index (χ1) is 9.81. The Morgan fingerprint density at radius 1 is 1.45 bits per heavy atom. The lowest BCUT2D eigenvalue weighted by Gasteiger charge is -2.14. The molecule has 1 aliphatic heterocycles. The molecule has 1 saturated heterocycles. The van der Waals surface area contributed by atoms with E-state index in [0.29, 0.717) is 17.8 Å². The molecule has 0 aliphatic carbocycles. The van der Waals surface area contributed by atoms with Gasteiger partial charge in [0.25, 0.3) is 5.91 Å². The number of aromatic nitrogens is 1. The highest BCUT2D eigenvalue weighted by Gasteiger charge is 2.13. The predicted molar refractivity (Wildman–Crippen MR) is 78.2 cm³/mol. The van der Waals surface area contributed by atoms with Crippen molar-refractivity contribution >= 4 is 5.91 Å². The number of rotatable bonds is 4. The molecule has 0 spiro atoms. The van der Waals surface area contributed by atoms with Crippen molar-refractivity contribution < 1.29 is 4.79 Å². The minimum Gasteiger partial charge on any atom is -0.349 e. The van der Waals surface area contributed by atoms with Crippen molar-refractivity contribution in [3.05, 3.63) is 29.6 Å². The maximum Gasteiger partial charge on any atom is 0.271 e. The summed E-state index contributed by atoms with van der Waals surface area (Å²) >= 11 is 0. The van der Waals surface area contributed by atoms with E-state index in [1.807, 2.05) is 0 Å². The van der Waals surface area contributed by atoms with Crippen LogP contribution < -0.4 is 11.1 Å². The van der Waals surface area contributed by atoms with E-state index >= 15 is 0 Å². The third kappa shape index (κ3) is 4.05. The van der Waals surface area contributed by atoms with Gasteiger partial charge in [0.15, 0.2) is 0 Å². The molecule has 1 aromatic heterocycles. The van der Waals surface area contributed by atoms with Crippen LogP contribution >= 0.6 is 0 Å². The highest BCUT2D eigenvalue weighted by Crippen LogP contribution is 2.06. The molecule has 0 saturated carbocycles. The van der Waals surface area contributed by atoms with Crippen molar-refractivity contribution in [1.82, 2.24) is 15.2 Å². The van der Waals surface area contributed by atoms with Crippen LogP contribution in [0, 0.1) is 11.8 Å². The van der Waals surface area contributed by atoms with Gasteiger partial charge in [0.05, 0.1) is 12.1 Å². The monoisotopic (exact) mass is 272 g/mol. The number of nitrogens with one attached hydrogen (secondary N) is 1. The molecule has 1 aromatic rings. The molecule has 2 rings (SSSR count). The van der Waals surface area contributed by atoms with Crippen LogP contribution in [0.5, 0.6) is 0 Å². The van der Waals surface area contributed by atoms with Crippen molar-refractivity contribution in [3.63, 3.8) is 0 Å². The highest BCUT2D eigenvalue weighted by atomic mass is 16.1.